The number of pyridine rings is 1. The van der Waals surface area contributed by atoms with Gasteiger partial charge < -0.3 is 5.11 Å². The second-order valence-electron chi connectivity index (χ2n) is 17.3. The number of phenolic OH excluding ortho intramolecular Hbond substituents is 1. The second-order valence-corrected chi connectivity index (χ2v) is 17.3. The Bertz CT molecular complexity index is 3210. The number of rotatable bonds is 8. The molecule has 5 heteroatoms. The van der Waals surface area contributed by atoms with Crippen LogP contribution in [0.15, 0.2) is 121 Å². The third kappa shape index (κ3) is 8.40. The number of aromatic hydroxyl groups is 1. The van der Waals surface area contributed by atoms with E-state index in [1.54, 1.807) is 58.2 Å². The minimum atomic E-state index is -2.63. The van der Waals surface area contributed by atoms with Gasteiger partial charge in [-0.3, -0.25) is 9.55 Å². The Hall–Kier alpha value is -5.57. The Morgan fingerprint density at radius 1 is 0.689 bits per heavy atom. The maximum atomic E-state index is 11.8. The fraction of sp³-hybridized carbons (Fsp3) is 0.250. The summed E-state index contributed by atoms with van der Waals surface area (Å²) in [6.07, 6.45) is 1.74. The van der Waals surface area contributed by atoms with Crippen LogP contribution in [0.1, 0.15) is 110 Å². The largest absolute Gasteiger partial charge is 0.507 e. The van der Waals surface area contributed by atoms with Crippen molar-refractivity contribution in [3.05, 3.63) is 166 Å². The van der Waals surface area contributed by atoms with Crippen LogP contribution in [0.5, 0.6) is 5.75 Å². The molecule has 8 rings (SSSR count). The van der Waals surface area contributed by atoms with Crippen molar-refractivity contribution in [2.45, 2.75) is 93.2 Å². The summed E-state index contributed by atoms with van der Waals surface area (Å²) in [7, 11) is 0. The van der Waals surface area contributed by atoms with Gasteiger partial charge in [0.05, 0.1) is 22.3 Å². The molecule has 0 amide bonds. The molecule has 2 aromatic heterocycles. The Morgan fingerprint density at radius 2 is 1.38 bits per heavy atom. The quantitative estimate of drug-likeness (QED) is 0.154. The molecule has 2 heterocycles. The number of benzene rings is 6. The van der Waals surface area contributed by atoms with E-state index in [0.717, 1.165) is 38.9 Å². The van der Waals surface area contributed by atoms with Crippen LogP contribution in [0.3, 0.4) is 0 Å². The molecule has 0 saturated carbocycles. The van der Waals surface area contributed by atoms with Crippen LogP contribution in [-0.2, 0) is 26.5 Å². The average molecular weight is 990 g/mol. The topological polar surface area (TPSA) is 50.9 Å². The fourth-order valence-electron chi connectivity index (χ4n) is 8.16. The molecule has 0 atom stereocenters. The molecule has 0 unspecified atom stereocenters. The zero-order valence-electron chi connectivity index (χ0n) is 44.2. The third-order valence-electron chi connectivity index (χ3n) is 11.3. The molecule has 0 bridgehead atoms. The maximum Gasteiger partial charge on any atom is 0.148 e. The van der Waals surface area contributed by atoms with E-state index in [4.69, 9.17) is 20.9 Å². The van der Waals surface area contributed by atoms with Gasteiger partial charge in [-0.25, -0.2) is 4.98 Å². The summed E-state index contributed by atoms with van der Waals surface area (Å²) in [6.45, 7) is 12.5. The number of fused-ring (bicyclic) bond motifs is 1. The van der Waals surface area contributed by atoms with Crippen molar-refractivity contribution in [3.63, 3.8) is 0 Å². The van der Waals surface area contributed by atoms with Crippen LogP contribution in [0.2, 0.25) is 0 Å². The molecule has 61 heavy (non-hydrogen) atoms. The average Bonchev–Trinajstić information content (AvgIpc) is 3.65. The van der Waals surface area contributed by atoms with E-state index < -0.39 is 25.5 Å². The van der Waals surface area contributed by atoms with Gasteiger partial charge in [0, 0.05) is 43.9 Å². The molecule has 312 valence electrons. The predicted molar refractivity (Wildman–Crippen MR) is 252 cm³/mol. The van der Waals surface area contributed by atoms with Gasteiger partial charge in [-0.1, -0.05) is 138 Å². The van der Waals surface area contributed by atoms with Crippen LogP contribution in [0, 0.1) is 33.6 Å². The van der Waals surface area contributed by atoms with Gasteiger partial charge in [0.25, 0.3) is 0 Å². The van der Waals surface area contributed by atoms with Gasteiger partial charge in [0.1, 0.15) is 11.6 Å². The summed E-state index contributed by atoms with van der Waals surface area (Å²) in [4.78, 5) is 10.1. The van der Waals surface area contributed by atoms with Gasteiger partial charge in [0.2, 0.25) is 0 Å². The predicted octanol–water partition coefficient (Wildman–Crippen LogP) is 15.0. The monoisotopic (exact) mass is 989 g/mol. The van der Waals surface area contributed by atoms with Crippen LogP contribution >= 0.6 is 0 Å². The van der Waals surface area contributed by atoms with Crippen molar-refractivity contribution < 1.29 is 37.1 Å². The zero-order valence-corrected chi connectivity index (χ0v) is 38.4. The Balaban J connectivity index is 0.00000703. The number of phenols is 1. The number of aromatic nitrogens is 3. The van der Waals surface area contributed by atoms with Gasteiger partial charge >= 0.3 is 0 Å². The Kier molecular flexibility index (Phi) is 9.53. The fourth-order valence-corrected chi connectivity index (χ4v) is 8.16. The number of aryl methyl sites for hydroxylation is 4. The van der Waals surface area contributed by atoms with Crippen molar-refractivity contribution in [1.82, 2.24) is 14.5 Å². The summed E-state index contributed by atoms with van der Waals surface area (Å²) in [6, 6.07) is 39.0. The molecule has 0 aliphatic carbocycles. The summed E-state index contributed by atoms with van der Waals surface area (Å²) in [5.41, 5.74) is 11.7. The molecule has 8 aromatic rings. The SMILES string of the molecule is [2H]C([2H])([2H])c1ccc(-c2ccnc(-c3[c-]c(-c4cccc5c4nc(-c4cc(C)cc(C)c4O)n5-c4ccc(-c5c(C([2H])(C)C)cccc5C([2H])(C)C)cc4C([2H])([2H])[2H])cc(C(C)(C)C)c3)c2)cc1.[Pt]. The third-order valence-corrected chi connectivity index (χ3v) is 11.3. The molecule has 6 aromatic carbocycles. The smallest absolute Gasteiger partial charge is 0.148 e. The molecular weight excluding hydrogens is 926 g/mol. The minimum Gasteiger partial charge on any atom is -0.507 e. The van der Waals surface area contributed by atoms with Crippen molar-refractivity contribution in [2.24, 2.45) is 0 Å². The standard InChI is InChI=1S/C56H56N3O.Pt/c1-33(2)45-14-12-15-46(34(3)4)52(45)41-22-23-50(37(7)28-41)59-51-17-13-16-47(53(51)58-55(59)48-27-36(6)26-38(8)54(48)60)42-29-43(31-44(30-42)56(9,10)11)49-32-40(24-25-57-49)39-20-18-35(5)19-21-39;/h12-28,30-34,60H,1-11H3;/q-1;/i5D3,7D3,33D,34D;. The zero-order chi connectivity index (χ0) is 49.5. The van der Waals surface area contributed by atoms with Crippen molar-refractivity contribution in [1.29, 1.82) is 0 Å². The van der Waals surface area contributed by atoms with Gasteiger partial charge in [0.15, 0.2) is 0 Å². The first-order valence-electron chi connectivity index (χ1n) is 24.4. The second kappa shape index (κ2) is 17.1. The van der Waals surface area contributed by atoms with E-state index in [0.29, 0.717) is 61.6 Å². The first-order valence-corrected chi connectivity index (χ1v) is 20.4. The first kappa shape index (κ1) is 34.1. The van der Waals surface area contributed by atoms with E-state index in [-0.39, 0.29) is 43.4 Å². The van der Waals surface area contributed by atoms with E-state index in [2.05, 4.69) is 39.0 Å². The first-order chi connectivity index (χ1) is 31.6. The van der Waals surface area contributed by atoms with E-state index in [1.165, 1.54) is 0 Å². The molecule has 0 spiro atoms. The van der Waals surface area contributed by atoms with Gasteiger partial charge in [-0.2, -0.15) is 0 Å². The van der Waals surface area contributed by atoms with Crippen LogP contribution in [0.4, 0.5) is 0 Å². The number of hydrogen-bond acceptors (Lipinski definition) is 3. The number of para-hydroxylation sites is 1. The number of nitrogens with zero attached hydrogens (tertiary/aromatic N) is 3. The minimum absolute atomic E-state index is 0. The summed E-state index contributed by atoms with van der Waals surface area (Å²) >= 11 is 0. The van der Waals surface area contributed by atoms with Crippen LogP contribution in [0.25, 0.3) is 72.7 Å². The molecule has 1 N–H and O–H groups in total. The Morgan fingerprint density at radius 3 is 2.05 bits per heavy atom. The van der Waals surface area contributed by atoms with E-state index in [9.17, 15) is 5.11 Å². The van der Waals surface area contributed by atoms with Gasteiger partial charge in [-0.15, -0.1) is 29.3 Å². The molecular formula is C56H56N3OPt-. The van der Waals surface area contributed by atoms with E-state index >= 15 is 0 Å². The molecule has 4 nitrogen and oxygen atoms in total. The normalized spacial score (nSPS) is 14.4. The maximum absolute atomic E-state index is 11.8. The molecule has 0 radical (unpaired) electrons. The Labute approximate surface area is 388 Å². The van der Waals surface area contributed by atoms with Crippen molar-refractivity contribution in [2.75, 3.05) is 0 Å². The van der Waals surface area contributed by atoms with E-state index in [1.807, 2.05) is 97.3 Å². The number of imidazole rings is 1. The van der Waals surface area contributed by atoms with Crippen LogP contribution in [-0.4, -0.2) is 19.6 Å². The van der Waals surface area contributed by atoms with Crippen LogP contribution < -0.4 is 0 Å². The molecule has 0 fully saturated rings. The number of hydrogen-bond donors (Lipinski definition) is 1. The summed E-state index contributed by atoms with van der Waals surface area (Å²) in [5, 5.41) is 11.8. The van der Waals surface area contributed by atoms with Crippen molar-refractivity contribution in [3.8, 4) is 67.5 Å². The molecule has 0 aliphatic heterocycles. The van der Waals surface area contributed by atoms with Gasteiger partial charge in [-0.05, 0) is 125 Å². The molecule has 0 aliphatic rings. The molecule has 0 saturated heterocycles. The summed E-state index contributed by atoms with van der Waals surface area (Å²) < 4.78 is 70.6. The van der Waals surface area contributed by atoms with Crippen molar-refractivity contribution >= 4 is 11.0 Å². The summed E-state index contributed by atoms with van der Waals surface area (Å²) in [5.74, 6) is -1.75.